The minimum atomic E-state index is -0.254. The first-order valence-electron chi connectivity index (χ1n) is 5.57. The average molecular weight is 265 g/mol. The van der Waals surface area contributed by atoms with E-state index in [0.717, 1.165) is 27.8 Å². The molecule has 0 saturated heterocycles. The molecule has 0 aromatic carbocycles. The topological polar surface area (TPSA) is 57.0 Å². The van der Waals surface area contributed by atoms with Gasteiger partial charge < -0.3 is 4.74 Å². The molecule has 0 aliphatic rings. The van der Waals surface area contributed by atoms with Crippen molar-refractivity contribution < 1.29 is 9.53 Å². The molecule has 0 unspecified atom stereocenters. The van der Waals surface area contributed by atoms with E-state index in [1.54, 1.807) is 4.68 Å². The van der Waals surface area contributed by atoms with E-state index in [2.05, 4.69) is 10.1 Å². The number of hydrogen-bond donors (Lipinski definition) is 0. The first-order chi connectivity index (χ1) is 8.52. The maximum atomic E-state index is 11.4. The van der Waals surface area contributed by atoms with Gasteiger partial charge in [0.25, 0.3) is 0 Å². The summed E-state index contributed by atoms with van der Waals surface area (Å²) < 4.78 is 6.48. The Balaban J connectivity index is 2.40. The fourth-order valence-electron chi connectivity index (χ4n) is 1.77. The molecule has 2 aromatic rings. The van der Waals surface area contributed by atoms with Crippen molar-refractivity contribution >= 4 is 17.3 Å². The Morgan fingerprint density at radius 3 is 2.72 bits per heavy atom. The smallest absolute Gasteiger partial charge is 0.310 e. The minimum Gasteiger partial charge on any atom is -0.469 e. The monoisotopic (exact) mass is 265 g/mol. The standard InChI is InChI=1S/C12H15N3O2S/c1-7-6-18-12(13-7)15-9(3)10(8(2)14-15)5-11(16)17-4/h6H,5H2,1-4H3. The van der Waals surface area contributed by atoms with Crippen LogP contribution >= 0.6 is 11.3 Å². The molecule has 2 aromatic heterocycles. The highest BCUT2D eigenvalue weighted by atomic mass is 32.1. The van der Waals surface area contributed by atoms with Crippen molar-refractivity contribution in [2.45, 2.75) is 27.2 Å². The van der Waals surface area contributed by atoms with Gasteiger partial charge in [0.1, 0.15) is 0 Å². The van der Waals surface area contributed by atoms with Crippen LogP contribution in [0.1, 0.15) is 22.6 Å². The van der Waals surface area contributed by atoms with E-state index in [9.17, 15) is 4.79 Å². The molecule has 0 bridgehead atoms. The van der Waals surface area contributed by atoms with Crippen molar-refractivity contribution in [1.82, 2.24) is 14.8 Å². The van der Waals surface area contributed by atoms with Crippen molar-refractivity contribution in [3.8, 4) is 5.13 Å². The number of aryl methyl sites for hydroxylation is 2. The third-order valence-electron chi connectivity index (χ3n) is 2.78. The summed E-state index contributed by atoms with van der Waals surface area (Å²) in [6, 6.07) is 0. The van der Waals surface area contributed by atoms with Gasteiger partial charge in [-0.25, -0.2) is 9.67 Å². The highest BCUT2D eigenvalue weighted by molar-refractivity contribution is 7.12. The zero-order valence-electron chi connectivity index (χ0n) is 10.9. The lowest BCUT2D eigenvalue weighted by Crippen LogP contribution is -2.06. The Bertz CT molecular complexity index is 586. The molecule has 18 heavy (non-hydrogen) atoms. The Morgan fingerprint density at radius 1 is 1.44 bits per heavy atom. The molecule has 0 saturated carbocycles. The lowest BCUT2D eigenvalue weighted by molar-refractivity contribution is -0.139. The van der Waals surface area contributed by atoms with Gasteiger partial charge in [0.05, 0.1) is 24.9 Å². The number of esters is 1. The number of aromatic nitrogens is 3. The average Bonchev–Trinajstić information content (AvgIpc) is 2.87. The quantitative estimate of drug-likeness (QED) is 0.796. The first-order valence-corrected chi connectivity index (χ1v) is 6.45. The second-order valence-electron chi connectivity index (χ2n) is 4.09. The van der Waals surface area contributed by atoms with Crippen LogP contribution in [-0.2, 0) is 16.0 Å². The Kier molecular flexibility index (Phi) is 3.47. The predicted octanol–water partition coefficient (Wildman–Crippen LogP) is 1.97. The molecule has 0 aliphatic carbocycles. The SMILES string of the molecule is COC(=O)Cc1c(C)nn(-c2nc(C)cs2)c1C. The second kappa shape index (κ2) is 4.89. The van der Waals surface area contributed by atoms with Gasteiger partial charge in [-0.1, -0.05) is 0 Å². The highest BCUT2D eigenvalue weighted by Gasteiger charge is 2.17. The predicted molar refractivity (Wildman–Crippen MR) is 69.2 cm³/mol. The van der Waals surface area contributed by atoms with Crippen LogP contribution in [0.2, 0.25) is 0 Å². The van der Waals surface area contributed by atoms with E-state index in [-0.39, 0.29) is 12.4 Å². The number of carbonyl (C=O) groups excluding carboxylic acids is 1. The Hall–Kier alpha value is -1.69. The molecular weight excluding hydrogens is 250 g/mol. The summed E-state index contributed by atoms with van der Waals surface area (Å²) in [4.78, 5) is 15.8. The summed E-state index contributed by atoms with van der Waals surface area (Å²) in [5.41, 5.74) is 3.66. The zero-order valence-corrected chi connectivity index (χ0v) is 11.7. The van der Waals surface area contributed by atoms with Crippen molar-refractivity contribution in [3.05, 3.63) is 28.0 Å². The first kappa shape index (κ1) is 12.8. The van der Waals surface area contributed by atoms with Crippen LogP contribution in [0.4, 0.5) is 0 Å². The summed E-state index contributed by atoms with van der Waals surface area (Å²) in [5, 5.41) is 7.24. The molecular formula is C12H15N3O2S. The van der Waals surface area contributed by atoms with Crippen molar-refractivity contribution in [3.63, 3.8) is 0 Å². The van der Waals surface area contributed by atoms with Crippen LogP contribution in [0.5, 0.6) is 0 Å². The molecule has 0 spiro atoms. The molecule has 5 nitrogen and oxygen atoms in total. The normalized spacial score (nSPS) is 10.7. The van der Waals surface area contributed by atoms with Gasteiger partial charge >= 0.3 is 5.97 Å². The van der Waals surface area contributed by atoms with E-state index in [0.29, 0.717) is 0 Å². The van der Waals surface area contributed by atoms with Gasteiger partial charge in [0, 0.05) is 16.6 Å². The van der Waals surface area contributed by atoms with E-state index in [4.69, 9.17) is 4.74 Å². The number of ether oxygens (including phenoxy) is 1. The van der Waals surface area contributed by atoms with Crippen LogP contribution in [0.25, 0.3) is 5.13 Å². The summed E-state index contributed by atoms with van der Waals surface area (Å²) in [5.74, 6) is -0.254. The summed E-state index contributed by atoms with van der Waals surface area (Å²) in [6.07, 6.45) is 0.249. The van der Waals surface area contributed by atoms with Gasteiger partial charge in [0.2, 0.25) is 5.13 Å². The van der Waals surface area contributed by atoms with E-state index in [1.165, 1.54) is 18.4 Å². The van der Waals surface area contributed by atoms with Gasteiger partial charge in [-0.15, -0.1) is 11.3 Å². The molecule has 0 N–H and O–H groups in total. The number of rotatable bonds is 3. The van der Waals surface area contributed by atoms with Gasteiger partial charge in [-0.2, -0.15) is 5.10 Å². The van der Waals surface area contributed by atoms with Crippen molar-refractivity contribution in [2.24, 2.45) is 0 Å². The fraction of sp³-hybridized carbons (Fsp3) is 0.417. The van der Waals surface area contributed by atoms with Crippen LogP contribution in [0.3, 0.4) is 0 Å². The van der Waals surface area contributed by atoms with E-state index < -0.39 is 0 Å². The Morgan fingerprint density at radius 2 is 2.17 bits per heavy atom. The molecule has 0 fully saturated rings. The zero-order chi connectivity index (χ0) is 13.3. The number of carbonyl (C=O) groups is 1. The van der Waals surface area contributed by atoms with Gasteiger partial charge in [0.15, 0.2) is 0 Å². The third-order valence-corrected chi connectivity index (χ3v) is 3.71. The molecule has 96 valence electrons. The molecule has 2 rings (SSSR count). The molecule has 0 aliphatic heterocycles. The van der Waals surface area contributed by atoms with Gasteiger partial charge in [-0.3, -0.25) is 4.79 Å². The summed E-state index contributed by atoms with van der Waals surface area (Å²) in [7, 11) is 1.39. The number of thiazole rings is 1. The number of methoxy groups -OCH3 is 1. The second-order valence-corrected chi connectivity index (χ2v) is 4.92. The molecule has 0 amide bonds. The van der Waals surface area contributed by atoms with Crippen molar-refractivity contribution in [1.29, 1.82) is 0 Å². The largest absolute Gasteiger partial charge is 0.469 e. The minimum absolute atomic E-state index is 0.249. The van der Waals surface area contributed by atoms with Crippen LogP contribution in [-0.4, -0.2) is 27.8 Å². The lowest BCUT2D eigenvalue weighted by Gasteiger charge is -2.01. The maximum Gasteiger partial charge on any atom is 0.310 e. The van der Waals surface area contributed by atoms with Crippen LogP contribution in [0.15, 0.2) is 5.38 Å². The maximum absolute atomic E-state index is 11.4. The fourth-order valence-corrected chi connectivity index (χ4v) is 2.58. The van der Waals surface area contributed by atoms with Crippen molar-refractivity contribution in [2.75, 3.05) is 7.11 Å². The highest BCUT2D eigenvalue weighted by Crippen LogP contribution is 2.21. The molecule has 2 heterocycles. The third kappa shape index (κ3) is 2.28. The lowest BCUT2D eigenvalue weighted by atomic mass is 10.1. The van der Waals surface area contributed by atoms with Crippen LogP contribution < -0.4 is 0 Å². The molecule has 0 atom stereocenters. The molecule has 6 heteroatoms. The Labute approximate surface area is 109 Å². The van der Waals surface area contributed by atoms with Crippen LogP contribution in [0, 0.1) is 20.8 Å². The molecule has 0 radical (unpaired) electrons. The van der Waals surface area contributed by atoms with Gasteiger partial charge in [-0.05, 0) is 20.8 Å². The number of nitrogens with zero attached hydrogens (tertiary/aromatic N) is 3. The summed E-state index contributed by atoms with van der Waals surface area (Å²) in [6.45, 7) is 5.78. The summed E-state index contributed by atoms with van der Waals surface area (Å²) >= 11 is 1.54. The number of hydrogen-bond acceptors (Lipinski definition) is 5. The van der Waals surface area contributed by atoms with E-state index >= 15 is 0 Å². The van der Waals surface area contributed by atoms with E-state index in [1.807, 2.05) is 26.2 Å².